The van der Waals surface area contributed by atoms with E-state index in [-0.39, 0.29) is 11.7 Å². The van der Waals surface area contributed by atoms with Crippen LogP contribution >= 0.6 is 22.6 Å². The van der Waals surface area contributed by atoms with Gasteiger partial charge in [-0.1, -0.05) is 0 Å². The lowest BCUT2D eigenvalue weighted by Gasteiger charge is -2.22. The van der Waals surface area contributed by atoms with Gasteiger partial charge in [-0.2, -0.15) is 0 Å². The zero-order chi connectivity index (χ0) is 12.5. The topological polar surface area (TPSA) is 38.3 Å². The second-order valence-electron chi connectivity index (χ2n) is 4.95. The summed E-state index contributed by atoms with van der Waals surface area (Å²) in [5.74, 6) is 1.20. The summed E-state index contributed by atoms with van der Waals surface area (Å²) >= 11 is 2.28. The molecule has 2 aliphatic rings. The Kier molecular flexibility index (Phi) is 3.56. The second kappa shape index (κ2) is 5.17. The van der Waals surface area contributed by atoms with Crippen LogP contribution in [0.5, 0.6) is 5.75 Å². The molecule has 0 bridgehead atoms. The van der Waals surface area contributed by atoms with Crippen LogP contribution in [0.2, 0.25) is 0 Å². The zero-order valence-corrected chi connectivity index (χ0v) is 12.3. The van der Waals surface area contributed by atoms with Crippen LogP contribution in [0.3, 0.4) is 0 Å². The van der Waals surface area contributed by atoms with Gasteiger partial charge in [0.05, 0.1) is 12.2 Å². The van der Waals surface area contributed by atoms with Crippen LogP contribution in [-0.4, -0.2) is 25.5 Å². The number of ketones is 1. The van der Waals surface area contributed by atoms with E-state index in [1.807, 2.05) is 6.07 Å². The van der Waals surface area contributed by atoms with Crippen LogP contribution in [-0.2, 0) is 6.42 Å². The zero-order valence-electron chi connectivity index (χ0n) is 10.2. The molecule has 2 heterocycles. The van der Waals surface area contributed by atoms with Gasteiger partial charge in [-0.3, -0.25) is 4.79 Å². The average Bonchev–Trinajstić information content (AvgIpc) is 2.86. The molecular weight excluding hydrogens is 341 g/mol. The largest absolute Gasteiger partial charge is 0.492 e. The third-order valence-corrected chi connectivity index (χ3v) is 4.30. The first kappa shape index (κ1) is 12.4. The second-order valence-corrected chi connectivity index (χ2v) is 6.19. The van der Waals surface area contributed by atoms with Gasteiger partial charge in [0.2, 0.25) is 0 Å². The minimum Gasteiger partial charge on any atom is -0.492 e. The van der Waals surface area contributed by atoms with E-state index >= 15 is 0 Å². The van der Waals surface area contributed by atoms with E-state index in [0.717, 1.165) is 47.2 Å². The Balaban J connectivity index is 1.93. The molecule has 0 aliphatic carbocycles. The normalized spacial score (nSPS) is 22.4. The van der Waals surface area contributed by atoms with Crippen molar-refractivity contribution in [2.45, 2.75) is 19.3 Å². The highest BCUT2D eigenvalue weighted by molar-refractivity contribution is 14.1. The molecule has 18 heavy (non-hydrogen) atoms. The fourth-order valence-electron chi connectivity index (χ4n) is 2.75. The molecule has 3 nitrogen and oxygen atoms in total. The SMILES string of the molecule is O=C(c1cc(I)cc2c1OCC2)C1CCCNC1. The molecule has 1 aromatic carbocycles. The lowest BCUT2D eigenvalue weighted by atomic mass is 9.90. The highest BCUT2D eigenvalue weighted by Crippen LogP contribution is 2.33. The number of hydrogen-bond donors (Lipinski definition) is 1. The van der Waals surface area contributed by atoms with Crippen molar-refractivity contribution in [1.82, 2.24) is 5.32 Å². The van der Waals surface area contributed by atoms with Gasteiger partial charge in [-0.05, 0) is 59.7 Å². The van der Waals surface area contributed by atoms with Crippen molar-refractivity contribution in [3.05, 3.63) is 26.8 Å². The molecule has 4 heteroatoms. The van der Waals surface area contributed by atoms with Crippen LogP contribution in [0, 0.1) is 9.49 Å². The van der Waals surface area contributed by atoms with Crippen LogP contribution in [0.1, 0.15) is 28.8 Å². The maximum Gasteiger partial charge on any atom is 0.170 e. The van der Waals surface area contributed by atoms with E-state index < -0.39 is 0 Å². The molecule has 0 spiro atoms. The lowest BCUT2D eigenvalue weighted by molar-refractivity contribution is 0.0896. The number of piperidine rings is 1. The number of benzene rings is 1. The molecule has 1 aromatic rings. The maximum absolute atomic E-state index is 12.6. The Morgan fingerprint density at radius 2 is 2.33 bits per heavy atom. The number of carbonyl (C=O) groups is 1. The van der Waals surface area contributed by atoms with Crippen LogP contribution in [0.25, 0.3) is 0 Å². The number of Topliss-reactive ketones (excluding diaryl/α,β-unsaturated/α-hetero) is 1. The van der Waals surface area contributed by atoms with E-state index in [2.05, 4.69) is 34.0 Å². The summed E-state index contributed by atoms with van der Waals surface area (Å²) in [6.45, 7) is 2.54. The highest BCUT2D eigenvalue weighted by atomic mass is 127. The monoisotopic (exact) mass is 357 g/mol. The average molecular weight is 357 g/mol. The Bertz CT molecular complexity index is 481. The fourth-order valence-corrected chi connectivity index (χ4v) is 3.44. The Hall–Kier alpha value is -0.620. The predicted molar refractivity (Wildman–Crippen MR) is 78.3 cm³/mol. The first-order valence-electron chi connectivity index (χ1n) is 6.46. The Morgan fingerprint density at radius 3 is 3.11 bits per heavy atom. The molecule has 1 fully saturated rings. The molecule has 0 saturated carbocycles. The van der Waals surface area contributed by atoms with Crippen molar-refractivity contribution >= 4 is 28.4 Å². The van der Waals surface area contributed by atoms with Gasteiger partial charge in [-0.25, -0.2) is 0 Å². The summed E-state index contributed by atoms with van der Waals surface area (Å²) < 4.78 is 6.78. The predicted octanol–water partition coefficient (Wildman–Crippen LogP) is 2.41. The van der Waals surface area contributed by atoms with Gasteiger partial charge in [-0.15, -0.1) is 0 Å². The van der Waals surface area contributed by atoms with Gasteiger partial charge in [0.1, 0.15) is 5.75 Å². The van der Waals surface area contributed by atoms with Crippen molar-refractivity contribution in [1.29, 1.82) is 0 Å². The lowest BCUT2D eigenvalue weighted by Crippen LogP contribution is -2.34. The molecule has 1 saturated heterocycles. The third kappa shape index (κ3) is 2.28. The number of fused-ring (bicyclic) bond motifs is 1. The molecule has 1 N–H and O–H groups in total. The van der Waals surface area contributed by atoms with Gasteiger partial charge in [0, 0.05) is 22.5 Å². The van der Waals surface area contributed by atoms with E-state index in [9.17, 15) is 4.79 Å². The standard InChI is InChI=1S/C14H16INO2/c15-11-6-9-3-5-18-14(9)12(7-11)13(17)10-2-1-4-16-8-10/h6-7,10,16H,1-5,8H2. The number of nitrogens with one attached hydrogen (secondary N) is 1. The highest BCUT2D eigenvalue weighted by Gasteiger charge is 2.28. The molecule has 96 valence electrons. The summed E-state index contributed by atoms with van der Waals surface area (Å²) in [5, 5.41) is 3.30. The van der Waals surface area contributed by atoms with E-state index in [0.29, 0.717) is 6.61 Å². The van der Waals surface area contributed by atoms with Crippen molar-refractivity contribution in [3.63, 3.8) is 0 Å². The molecule has 2 aliphatic heterocycles. The van der Waals surface area contributed by atoms with Crippen LogP contribution < -0.4 is 10.1 Å². The summed E-state index contributed by atoms with van der Waals surface area (Å²) in [6.07, 6.45) is 3.00. The van der Waals surface area contributed by atoms with Crippen LogP contribution in [0.4, 0.5) is 0 Å². The summed E-state index contributed by atoms with van der Waals surface area (Å²) in [4.78, 5) is 12.6. The van der Waals surface area contributed by atoms with Gasteiger partial charge in [0.15, 0.2) is 5.78 Å². The molecule has 0 aromatic heterocycles. The first-order chi connectivity index (χ1) is 8.75. The number of hydrogen-bond acceptors (Lipinski definition) is 3. The summed E-state index contributed by atoms with van der Waals surface area (Å²) in [6, 6.07) is 4.10. The minimum atomic E-state index is 0.116. The molecular formula is C14H16INO2. The summed E-state index contributed by atoms with van der Waals surface area (Å²) in [7, 11) is 0. The Morgan fingerprint density at radius 1 is 1.44 bits per heavy atom. The van der Waals surface area contributed by atoms with Crippen molar-refractivity contribution in [2.75, 3.05) is 19.7 Å². The number of halogens is 1. The van der Waals surface area contributed by atoms with Gasteiger partial charge >= 0.3 is 0 Å². The first-order valence-corrected chi connectivity index (χ1v) is 7.54. The smallest absolute Gasteiger partial charge is 0.170 e. The Labute approximate surface area is 120 Å². The van der Waals surface area contributed by atoms with Gasteiger partial charge < -0.3 is 10.1 Å². The molecule has 1 unspecified atom stereocenters. The number of carbonyl (C=O) groups excluding carboxylic acids is 1. The van der Waals surface area contributed by atoms with Crippen molar-refractivity contribution in [3.8, 4) is 5.75 Å². The molecule has 0 amide bonds. The molecule has 0 radical (unpaired) electrons. The van der Waals surface area contributed by atoms with Crippen molar-refractivity contribution < 1.29 is 9.53 Å². The van der Waals surface area contributed by atoms with E-state index in [4.69, 9.17) is 4.74 Å². The number of rotatable bonds is 2. The molecule has 1 atom stereocenters. The maximum atomic E-state index is 12.6. The summed E-state index contributed by atoms with van der Waals surface area (Å²) in [5.41, 5.74) is 1.98. The minimum absolute atomic E-state index is 0.116. The van der Waals surface area contributed by atoms with E-state index in [1.54, 1.807) is 0 Å². The van der Waals surface area contributed by atoms with Crippen molar-refractivity contribution in [2.24, 2.45) is 5.92 Å². The quantitative estimate of drug-likeness (QED) is 0.653. The van der Waals surface area contributed by atoms with E-state index in [1.165, 1.54) is 5.56 Å². The molecule has 3 rings (SSSR count). The third-order valence-electron chi connectivity index (χ3n) is 3.68. The fraction of sp³-hybridized carbons (Fsp3) is 0.500. The van der Waals surface area contributed by atoms with Crippen LogP contribution in [0.15, 0.2) is 12.1 Å². The van der Waals surface area contributed by atoms with Gasteiger partial charge in [0.25, 0.3) is 0 Å². The number of ether oxygens (including phenoxy) is 1.